The number of anilines is 4. The van der Waals surface area contributed by atoms with Crippen molar-refractivity contribution in [3.05, 3.63) is 32.8 Å². The van der Waals surface area contributed by atoms with Crippen molar-refractivity contribution in [2.24, 2.45) is 0 Å². The van der Waals surface area contributed by atoms with E-state index < -0.39 is 5.82 Å². The first-order valence-electron chi connectivity index (χ1n) is 4.98. The van der Waals surface area contributed by atoms with Crippen molar-refractivity contribution in [2.75, 3.05) is 22.5 Å². The lowest BCUT2D eigenvalue weighted by atomic mass is 10.3. The average Bonchev–Trinajstić information content (AvgIpc) is 2.87. The van der Waals surface area contributed by atoms with Crippen LogP contribution in [0.1, 0.15) is 4.88 Å². The molecule has 2 aromatic heterocycles. The van der Waals surface area contributed by atoms with Gasteiger partial charge in [-0.2, -0.15) is 0 Å². The van der Waals surface area contributed by atoms with Crippen LogP contribution < -0.4 is 32.2 Å². The molecule has 2 heterocycles. The van der Waals surface area contributed by atoms with Gasteiger partial charge in [-0.15, -0.1) is 11.3 Å². The summed E-state index contributed by atoms with van der Waals surface area (Å²) in [5.74, 6) is -0.519. The molecular formula is C9H12N6O2S. The molecule has 2 rings (SSSR count). The zero-order valence-corrected chi connectivity index (χ0v) is 10.1. The highest BCUT2D eigenvalue weighted by atomic mass is 32.1. The second kappa shape index (κ2) is 4.45. The molecule has 0 amide bonds. The Morgan fingerprint density at radius 3 is 2.50 bits per heavy atom. The van der Waals surface area contributed by atoms with E-state index in [2.05, 4.69) is 5.32 Å². The molecule has 0 fully saturated rings. The van der Waals surface area contributed by atoms with Crippen LogP contribution in [0.4, 0.5) is 23.0 Å². The van der Waals surface area contributed by atoms with Crippen LogP contribution in [0.2, 0.25) is 0 Å². The predicted molar refractivity (Wildman–Crippen MR) is 69.2 cm³/mol. The Bertz CT molecular complexity index is 542. The minimum absolute atomic E-state index is 0.0360. The third-order valence-electron chi connectivity index (χ3n) is 2.39. The Hall–Kier alpha value is -2.42. The lowest BCUT2D eigenvalue weighted by Crippen LogP contribution is -2.63. The van der Waals surface area contributed by atoms with E-state index in [1.54, 1.807) is 0 Å². The van der Waals surface area contributed by atoms with Gasteiger partial charge in [0.05, 0.1) is 0 Å². The first kappa shape index (κ1) is 12.0. The summed E-state index contributed by atoms with van der Waals surface area (Å²) in [4.78, 5) is 0.971. The first-order chi connectivity index (χ1) is 8.52. The molecule has 96 valence electrons. The summed E-state index contributed by atoms with van der Waals surface area (Å²) in [6.07, 6.45) is 0. The lowest BCUT2D eigenvalue weighted by Gasteiger charge is -2.16. The largest absolute Gasteiger partial charge is 0.675 e. The number of hydrogen-bond donors (Lipinski definition) is 4. The van der Waals surface area contributed by atoms with Crippen LogP contribution in [0.5, 0.6) is 0 Å². The van der Waals surface area contributed by atoms with Crippen molar-refractivity contribution in [3.8, 4) is 0 Å². The minimum atomic E-state index is -0.413. The Balaban J connectivity index is 2.33. The van der Waals surface area contributed by atoms with Crippen LogP contribution in [0.15, 0.2) is 17.5 Å². The molecule has 0 aliphatic carbocycles. The molecule has 9 heteroatoms. The monoisotopic (exact) mass is 268 g/mol. The lowest BCUT2D eigenvalue weighted by molar-refractivity contribution is -1.17. The van der Waals surface area contributed by atoms with Crippen LogP contribution in [-0.4, -0.2) is 0 Å². The second-order valence-electron chi connectivity index (χ2n) is 3.54. The van der Waals surface area contributed by atoms with Gasteiger partial charge in [-0.1, -0.05) is 15.8 Å². The topological polar surface area (TPSA) is 144 Å². The maximum atomic E-state index is 11.6. The van der Waals surface area contributed by atoms with Crippen molar-refractivity contribution >= 4 is 34.3 Å². The number of thiophene rings is 1. The standard InChI is InChI=1S/C9H12N6O2S/c10-6-7(11)9(15(17)14(16)8(6)12)13-4-5-2-1-3-18-5/h1-3,13H,4,10-12H2. The van der Waals surface area contributed by atoms with E-state index in [1.807, 2.05) is 17.5 Å². The maximum Gasteiger partial charge on any atom is 0.341 e. The fourth-order valence-corrected chi connectivity index (χ4v) is 2.05. The molecule has 0 saturated carbocycles. The predicted octanol–water partition coefficient (Wildman–Crippen LogP) is -0.626. The zero-order valence-electron chi connectivity index (χ0n) is 9.29. The SMILES string of the molecule is Nc1c(N)c(NCc2cccs2)[n+]([O-])[n+]([O-])c1N. The number of nitrogens with zero attached hydrogens (tertiary/aromatic N) is 2. The van der Waals surface area contributed by atoms with E-state index in [1.165, 1.54) is 11.3 Å². The zero-order chi connectivity index (χ0) is 13.3. The molecule has 0 saturated heterocycles. The third-order valence-corrected chi connectivity index (χ3v) is 3.27. The summed E-state index contributed by atoms with van der Waals surface area (Å²) in [5.41, 5.74) is 16.4. The van der Waals surface area contributed by atoms with Gasteiger partial charge in [-0.25, -0.2) is 0 Å². The number of rotatable bonds is 3. The molecule has 0 bridgehead atoms. The number of nitrogen functional groups attached to an aromatic ring is 3. The summed E-state index contributed by atoms with van der Waals surface area (Å²) in [6, 6.07) is 3.76. The Labute approximate surface area is 106 Å². The highest BCUT2D eigenvalue weighted by Crippen LogP contribution is 2.24. The van der Waals surface area contributed by atoms with Crippen LogP contribution >= 0.6 is 11.3 Å². The Morgan fingerprint density at radius 1 is 1.17 bits per heavy atom. The van der Waals surface area contributed by atoms with E-state index in [4.69, 9.17) is 17.2 Å². The van der Waals surface area contributed by atoms with Gasteiger partial charge >= 0.3 is 11.6 Å². The molecule has 0 atom stereocenters. The molecule has 18 heavy (non-hydrogen) atoms. The number of hydrogen-bond acceptors (Lipinski definition) is 7. The molecule has 2 aromatic rings. The number of aromatic nitrogens is 2. The maximum absolute atomic E-state index is 11.6. The van der Waals surface area contributed by atoms with Crippen molar-refractivity contribution < 1.29 is 9.69 Å². The highest BCUT2D eigenvalue weighted by Gasteiger charge is 2.22. The summed E-state index contributed by atoms with van der Waals surface area (Å²) in [5, 5.41) is 27.7. The smallest absolute Gasteiger partial charge is 0.341 e. The van der Waals surface area contributed by atoms with E-state index in [9.17, 15) is 10.4 Å². The van der Waals surface area contributed by atoms with E-state index in [-0.39, 0.29) is 26.9 Å². The van der Waals surface area contributed by atoms with Gasteiger partial charge in [-0.05, 0) is 11.4 Å². The van der Waals surface area contributed by atoms with E-state index >= 15 is 0 Å². The van der Waals surface area contributed by atoms with E-state index in [0.717, 1.165) is 4.88 Å². The molecule has 7 N–H and O–H groups in total. The van der Waals surface area contributed by atoms with Crippen LogP contribution in [0.25, 0.3) is 0 Å². The summed E-state index contributed by atoms with van der Waals surface area (Å²) in [6.45, 7) is 0.369. The van der Waals surface area contributed by atoms with Gasteiger partial charge in [0.2, 0.25) is 0 Å². The quantitative estimate of drug-likeness (QED) is 0.431. The average molecular weight is 268 g/mol. The fourth-order valence-electron chi connectivity index (χ4n) is 1.41. The van der Waals surface area contributed by atoms with Crippen molar-refractivity contribution in [1.29, 1.82) is 0 Å². The van der Waals surface area contributed by atoms with Crippen LogP contribution in [-0.2, 0) is 6.54 Å². The van der Waals surface area contributed by atoms with Gasteiger partial charge in [0.1, 0.15) is 6.54 Å². The second-order valence-corrected chi connectivity index (χ2v) is 4.57. The van der Waals surface area contributed by atoms with Gasteiger partial charge in [0.25, 0.3) is 0 Å². The molecule has 0 unspecified atom stereocenters. The third kappa shape index (κ3) is 1.91. The minimum Gasteiger partial charge on any atom is -0.675 e. The summed E-state index contributed by atoms with van der Waals surface area (Å²) >= 11 is 1.51. The van der Waals surface area contributed by atoms with Crippen molar-refractivity contribution in [1.82, 2.24) is 0 Å². The molecule has 0 aliphatic heterocycles. The summed E-state index contributed by atoms with van der Waals surface area (Å²) in [7, 11) is 0. The molecule has 0 radical (unpaired) electrons. The molecular weight excluding hydrogens is 256 g/mol. The van der Waals surface area contributed by atoms with Gasteiger partial charge in [-0.3, -0.25) is 11.1 Å². The fraction of sp³-hybridized carbons (Fsp3) is 0.111. The Morgan fingerprint density at radius 2 is 1.89 bits per heavy atom. The number of nitrogens with two attached hydrogens (primary N) is 3. The first-order valence-corrected chi connectivity index (χ1v) is 5.86. The van der Waals surface area contributed by atoms with Crippen LogP contribution in [0.3, 0.4) is 0 Å². The van der Waals surface area contributed by atoms with Gasteiger partial charge < -0.3 is 21.9 Å². The van der Waals surface area contributed by atoms with Gasteiger partial charge in [0, 0.05) is 4.88 Å². The van der Waals surface area contributed by atoms with Gasteiger partial charge in [0.15, 0.2) is 11.4 Å². The van der Waals surface area contributed by atoms with E-state index in [0.29, 0.717) is 6.54 Å². The molecule has 0 aromatic carbocycles. The normalized spacial score (nSPS) is 10.4. The molecule has 0 aliphatic rings. The molecule has 8 nitrogen and oxygen atoms in total. The molecule has 0 spiro atoms. The van der Waals surface area contributed by atoms with Crippen LogP contribution in [0, 0.1) is 10.4 Å². The number of nitrogens with one attached hydrogen (secondary N) is 1. The van der Waals surface area contributed by atoms with Crippen molar-refractivity contribution in [2.45, 2.75) is 6.54 Å². The summed E-state index contributed by atoms with van der Waals surface area (Å²) < 4.78 is 0. The van der Waals surface area contributed by atoms with Crippen molar-refractivity contribution in [3.63, 3.8) is 0 Å². The Kier molecular flexibility index (Phi) is 2.98. The highest BCUT2D eigenvalue weighted by molar-refractivity contribution is 7.09.